The topological polar surface area (TPSA) is 32.3 Å². The van der Waals surface area contributed by atoms with E-state index in [4.69, 9.17) is 0 Å². The molecule has 4 heteroatoms. The fourth-order valence-corrected chi connectivity index (χ4v) is 3.48. The number of carbonyl (C=O) groups excluding carboxylic acids is 1. The molecule has 92 valence electrons. The summed E-state index contributed by atoms with van der Waals surface area (Å²) in [7, 11) is 0. The Bertz CT molecular complexity index is 411. The molecule has 1 N–H and O–H groups in total. The molecule has 3 nitrogen and oxygen atoms in total. The lowest BCUT2D eigenvalue weighted by Crippen LogP contribution is -2.42. The van der Waals surface area contributed by atoms with Gasteiger partial charge in [0.2, 0.25) is 5.91 Å². The van der Waals surface area contributed by atoms with E-state index in [9.17, 15) is 4.79 Å². The van der Waals surface area contributed by atoms with Crippen molar-refractivity contribution in [2.45, 2.75) is 32.4 Å². The number of amides is 1. The first-order chi connectivity index (χ1) is 8.18. The minimum absolute atomic E-state index is 0.103. The molecule has 3 rings (SSSR count). The van der Waals surface area contributed by atoms with E-state index in [1.54, 1.807) is 11.3 Å². The molecule has 1 amide bonds. The van der Waals surface area contributed by atoms with Gasteiger partial charge in [-0.25, -0.2) is 0 Å². The molecule has 2 fully saturated rings. The van der Waals surface area contributed by atoms with Crippen LogP contribution in [0.1, 0.15) is 37.9 Å². The summed E-state index contributed by atoms with van der Waals surface area (Å²) in [6.45, 7) is 3.68. The van der Waals surface area contributed by atoms with Crippen LogP contribution in [0.5, 0.6) is 0 Å². The quantitative estimate of drug-likeness (QED) is 0.893. The normalized spacial score (nSPS) is 27.2. The van der Waals surface area contributed by atoms with Crippen molar-refractivity contribution >= 4 is 17.2 Å². The number of nitrogens with one attached hydrogen (secondary N) is 1. The van der Waals surface area contributed by atoms with Gasteiger partial charge in [0.25, 0.3) is 0 Å². The lowest BCUT2D eigenvalue weighted by atomic mass is 9.70. The van der Waals surface area contributed by atoms with E-state index in [-0.39, 0.29) is 12.1 Å². The van der Waals surface area contributed by atoms with Gasteiger partial charge < -0.3 is 4.90 Å². The highest BCUT2D eigenvalue weighted by Crippen LogP contribution is 2.42. The van der Waals surface area contributed by atoms with Gasteiger partial charge in [-0.2, -0.15) is 11.3 Å². The molecule has 2 aliphatic rings. The van der Waals surface area contributed by atoms with Crippen molar-refractivity contribution in [1.29, 1.82) is 0 Å². The Morgan fingerprint density at radius 2 is 2.41 bits per heavy atom. The average Bonchev–Trinajstić information content (AvgIpc) is 2.87. The second-order valence-corrected chi connectivity index (χ2v) is 6.31. The number of thiophene rings is 1. The predicted molar refractivity (Wildman–Crippen MR) is 68.7 cm³/mol. The third-order valence-corrected chi connectivity index (χ3v) is 4.75. The summed E-state index contributed by atoms with van der Waals surface area (Å²) >= 11 is 1.69. The van der Waals surface area contributed by atoms with Gasteiger partial charge in [-0.1, -0.05) is 13.3 Å². The molecule has 1 unspecified atom stereocenters. The van der Waals surface area contributed by atoms with Gasteiger partial charge >= 0.3 is 0 Å². The highest BCUT2D eigenvalue weighted by atomic mass is 32.1. The molecule has 0 spiro atoms. The van der Waals surface area contributed by atoms with Crippen molar-refractivity contribution in [2.75, 3.05) is 13.1 Å². The Morgan fingerprint density at radius 3 is 3.00 bits per heavy atom. The number of carbonyl (C=O) groups is 1. The SMILES string of the molecule is CC1(CN2C(=O)CNC2c2ccsc2)CCC1. The third kappa shape index (κ3) is 2.00. The van der Waals surface area contributed by atoms with E-state index in [0.717, 1.165) is 6.54 Å². The van der Waals surface area contributed by atoms with Crippen LogP contribution in [-0.4, -0.2) is 23.9 Å². The molecule has 0 aromatic carbocycles. The first-order valence-electron chi connectivity index (χ1n) is 6.23. The molecule has 0 radical (unpaired) electrons. The fraction of sp³-hybridized carbons (Fsp3) is 0.615. The second-order valence-electron chi connectivity index (χ2n) is 5.53. The molecular formula is C13H18N2OS. The van der Waals surface area contributed by atoms with Gasteiger partial charge in [0.15, 0.2) is 0 Å². The predicted octanol–water partition coefficient (Wildman–Crippen LogP) is 2.37. The maximum Gasteiger partial charge on any atom is 0.238 e. The summed E-state index contributed by atoms with van der Waals surface area (Å²) < 4.78 is 0. The van der Waals surface area contributed by atoms with Crippen LogP contribution in [0.15, 0.2) is 16.8 Å². The standard InChI is InChI=1S/C13H18N2OS/c1-13(4-2-5-13)9-15-11(16)7-14-12(15)10-3-6-17-8-10/h3,6,8,12,14H,2,4-5,7,9H2,1H3. The van der Waals surface area contributed by atoms with Gasteiger partial charge in [-0.05, 0) is 40.6 Å². The van der Waals surface area contributed by atoms with Gasteiger partial charge in [-0.3, -0.25) is 10.1 Å². The summed E-state index contributed by atoms with van der Waals surface area (Å²) in [5.41, 5.74) is 1.58. The number of nitrogens with zero attached hydrogens (tertiary/aromatic N) is 1. The van der Waals surface area contributed by atoms with Gasteiger partial charge in [-0.15, -0.1) is 0 Å². The fourth-order valence-electron chi connectivity index (χ4n) is 2.80. The Balaban J connectivity index is 1.77. The zero-order valence-electron chi connectivity index (χ0n) is 10.1. The van der Waals surface area contributed by atoms with Crippen LogP contribution in [0.4, 0.5) is 0 Å². The molecule has 2 heterocycles. The van der Waals surface area contributed by atoms with E-state index < -0.39 is 0 Å². The Morgan fingerprint density at radius 1 is 1.59 bits per heavy atom. The van der Waals surface area contributed by atoms with E-state index in [0.29, 0.717) is 12.0 Å². The Kier molecular flexibility index (Phi) is 2.71. The van der Waals surface area contributed by atoms with E-state index >= 15 is 0 Å². The van der Waals surface area contributed by atoms with Crippen LogP contribution in [-0.2, 0) is 4.79 Å². The van der Waals surface area contributed by atoms with Gasteiger partial charge in [0, 0.05) is 6.54 Å². The minimum atomic E-state index is 0.103. The molecule has 1 aliphatic carbocycles. The largest absolute Gasteiger partial charge is 0.321 e. The highest BCUT2D eigenvalue weighted by Gasteiger charge is 2.40. The van der Waals surface area contributed by atoms with E-state index in [1.165, 1.54) is 24.8 Å². The molecule has 1 aromatic rings. The summed E-state index contributed by atoms with van der Waals surface area (Å²) in [6.07, 6.45) is 3.93. The van der Waals surface area contributed by atoms with Crippen molar-refractivity contribution in [1.82, 2.24) is 10.2 Å². The van der Waals surface area contributed by atoms with Crippen LogP contribution in [0.25, 0.3) is 0 Å². The second kappa shape index (κ2) is 4.10. The van der Waals surface area contributed by atoms with Gasteiger partial charge in [0.1, 0.15) is 6.17 Å². The molecule has 1 saturated carbocycles. The van der Waals surface area contributed by atoms with Crippen molar-refractivity contribution in [3.63, 3.8) is 0 Å². The number of rotatable bonds is 3. The van der Waals surface area contributed by atoms with Crippen molar-refractivity contribution in [3.05, 3.63) is 22.4 Å². The summed E-state index contributed by atoms with van der Waals surface area (Å²) in [5, 5.41) is 7.52. The molecule has 17 heavy (non-hydrogen) atoms. The summed E-state index contributed by atoms with van der Waals surface area (Å²) in [4.78, 5) is 14.0. The molecule has 1 saturated heterocycles. The zero-order valence-corrected chi connectivity index (χ0v) is 10.9. The first kappa shape index (κ1) is 11.2. The average molecular weight is 250 g/mol. The molecule has 1 aliphatic heterocycles. The van der Waals surface area contributed by atoms with Crippen LogP contribution in [0, 0.1) is 5.41 Å². The van der Waals surface area contributed by atoms with Crippen LogP contribution in [0.2, 0.25) is 0 Å². The maximum absolute atomic E-state index is 12.0. The van der Waals surface area contributed by atoms with Crippen molar-refractivity contribution in [2.24, 2.45) is 5.41 Å². The first-order valence-corrected chi connectivity index (χ1v) is 7.17. The van der Waals surface area contributed by atoms with Crippen LogP contribution in [0.3, 0.4) is 0 Å². The molecular weight excluding hydrogens is 232 g/mol. The summed E-state index contributed by atoms with van der Waals surface area (Å²) in [6, 6.07) is 2.11. The van der Waals surface area contributed by atoms with Gasteiger partial charge in [0.05, 0.1) is 6.54 Å². The maximum atomic E-state index is 12.0. The summed E-state index contributed by atoms with van der Waals surface area (Å²) in [5.74, 6) is 0.245. The monoisotopic (exact) mass is 250 g/mol. The number of hydrogen-bond donors (Lipinski definition) is 1. The third-order valence-electron chi connectivity index (χ3n) is 4.05. The van der Waals surface area contributed by atoms with E-state index in [2.05, 4.69) is 29.1 Å². The minimum Gasteiger partial charge on any atom is -0.321 e. The zero-order chi connectivity index (χ0) is 11.9. The Hall–Kier alpha value is -0.870. The van der Waals surface area contributed by atoms with Crippen molar-refractivity contribution < 1.29 is 4.79 Å². The number of hydrogen-bond acceptors (Lipinski definition) is 3. The lowest BCUT2D eigenvalue weighted by molar-refractivity contribution is -0.130. The molecule has 1 aromatic heterocycles. The van der Waals surface area contributed by atoms with Crippen molar-refractivity contribution in [3.8, 4) is 0 Å². The molecule has 0 bridgehead atoms. The van der Waals surface area contributed by atoms with E-state index in [1.807, 2.05) is 4.90 Å². The molecule has 1 atom stereocenters. The van der Waals surface area contributed by atoms with Crippen LogP contribution < -0.4 is 5.32 Å². The lowest BCUT2D eigenvalue weighted by Gasteiger charge is -2.42. The highest BCUT2D eigenvalue weighted by molar-refractivity contribution is 7.07. The smallest absolute Gasteiger partial charge is 0.238 e. The Labute approximate surface area is 106 Å². The van der Waals surface area contributed by atoms with Crippen LogP contribution >= 0.6 is 11.3 Å².